The summed E-state index contributed by atoms with van der Waals surface area (Å²) >= 11 is 0. The van der Waals surface area contributed by atoms with Gasteiger partial charge >= 0.3 is 0 Å². The number of rotatable bonds is 3. The Morgan fingerprint density at radius 1 is 1.22 bits per heavy atom. The van der Waals surface area contributed by atoms with Gasteiger partial charge in [0.05, 0.1) is 24.0 Å². The summed E-state index contributed by atoms with van der Waals surface area (Å²) in [5.74, 6) is 0.163. The Hall–Kier alpha value is -2.21. The Morgan fingerprint density at radius 3 is 2.44 bits per heavy atom. The van der Waals surface area contributed by atoms with Gasteiger partial charge in [-0.25, -0.2) is 0 Å². The van der Waals surface area contributed by atoms with E-state index in [2.05, 4.69) is 20.8 Å². The van der Waals surface area contributed by atoms with Gasteiger partial charge < -0.3 is 10.6 Å². The Morgan fingerprint density at radius 2 is 1.89 bits per heavy atom. The fourth-order valence-corrected chi connectivity index (χ4v) is 1.75. The summed E-state index contributed by atoms with van der Waals surface area (Å²) in [7, 11) is 0. The zero-order valence-corrected chi connectivity index (χ0v) is 9.71. The van der Waals surface area contributed by atoms with E-state index in [1.54, 1.807) is 12.4 Å². The molecule has 1 aliphatic heterocycles. The first kappa shape index (κ1) is 10.9. The van der Waals surface area contributed by atoms with Crippen LogP contribution in [-0.2, 0) is 4.79 Å². The molecule has 0 unspecified atom stereocenters. The van der Waals surface area contributed by atoms with Gasteiger partial charge in [-0.3, -0.25) is 4.79 Å². The standard InChI is InChI=1S/C12H13N5O/c18-12(9-7-13-8-9)16-10-1-3-11(4-2-10)17-14-5-6-15-17/h1-6,9,13H,7-8H2,(H,16,18). The molecule has 2 heterocycles. The fourth-order valence-electron chi connectivity index (χ4n) is 1.75. The van der Waals surface area contributed by atoms with Gasteiger partial charge in [-0.15, -0.1) is 0 Å². The number of nitrogens with one attached hydrogen (secondary N) is 2. The highest BCUT2D eigenvalue weighted by molar-refractivity contribution is 5.93. The van der Waals surface area contributed by atoms with E-state index in [0.29, 0.717) is 0 Å². The summed E-state index contributed by atoms with van der Waals surface area (Å²) in [5.41, 5.74) is 1.66. The van der Waals surface area contributed by atoms with E-state index in [4.69, 9.17) is 0 Å². The molecule has 1 aromatic heterocycles. The molecule has 0 aliphatic carbocycles. The Balaban J connectivity index is 1.69. The van der Waals surface area contributed by atoms with Crippen molar-refractivity contribution >= 4 is 11.6 Å². The molecule has 0 atom stereocenters. The van der Waals surface area contributed by atoms with Crippen molar-refractivity contribution in [2.24, 2.45) is 5.92 Å². The molecule has 0 saturated carbocycles. The molecule has 6 nitrogen and oxygen atoms in total. The first-order chi connectivity index (χ1) is 8.83. The number of hydrogen-bond donors (Lipinski definition) is 2. The van der Waals surface area contributed by atoms with Gasteiger partial charge in [-0.1, -0.05) is 0 Å². The maximum atomic E-state index is 11.7. The van der Waals surface area contributed by atoms with Crippen LogP contribution in [0.15, 0.2) is 36.7 Å². The first-order valence-electron chi connectivity index (χ1n) is 5.81. The van der Waals surface area contributed by atoms with Crippen LogP contribution < -0.4 is 10.6 Å². The summed E-state index contributed by atoms with van der Waals surface area (Å²) in [6.45, 7) is 1.53. The molecule has 2 aromatic rings. The molecule has 1 saturated heterocycles. The van der Waals surface area contributed by atoms with Crippen LogP contribution in [0.5, 0.6) is 0 Å². The minimum atomic E-state index is 0.0683. The number of anilines is 1. The highest BCUT2D eigenvalue weighted by atomic mass is 16.2. The molecule has 1 aliphatic rings. The zero-order chi connectivity index (χ0) is 12.4. The van der Waals surface area contributed by atoms with Crippen molar-refractivity contribution in [2.75, 3.05) is 18.4 Å². The topological polar surface area (TPSA) is 71.8 Å². The maximum absolute atomic E-state index is 11.7. The molecule has 0 radical (unpaired) electrons. The summed E-state index contributed by atoms with van der Waals surface area (Å²) < 4.78 is 0. The predicted octanol–water partition coefficient (Wildman–Crippen LogP) is 0.425. The molecule has 1 aromatic carbocycles. The number of carbonyl (C=O) groups excluding carboxylic acids is 1. The molecule has 6 heteroatoms. The number of nitrogens with zero attached hydrogens (tertiary/aromatic N) is 3. The molecule has 0 bridgehead atoms. The molecule has 92 valence electrons. The van der Waals surface area contributed by atoms with Gasteiger partial charge in [0.15, 0.2) is 0 Å². The Kier molecular flexibility index (Phi) is 2.77. The maximum Gasteiger partial charge on any atom is 0.230 e. The Bertz CT molecular complexity index is 530. The van der Waals surface area contributed by atoms with Gasteiger partial charge in [-0.05, 0) is 24.3 Å². The van der Waals surface area contributed by atoms with Gasteiger partial charge in [0.1, 0.15) is 0 Å². The third kappa shape index (κ3) is 2.10. The molecule has 18 heavy (non-hydrogen) atoms. The highest BCUT2D eigenvalue weighted by Gasteiger charge is 2.24. The molecule has 3 rings (SSSR count). The molecule has 2 N–H and O–H groups in total. The van der Waals surface area contributed by atoms with Crippen LogP contribution >= 0.6 is 0 Å². The van der Waals surface area contributed by atoms with Crippen molar-refractivity contribution in [1.82, 2.24) is 20.3 Å². The zero-order valence-electron chi connectivity index (χ0n) is 9.71. The molecule has 0 spiro atoms. The van der Waals surface area contributed by atoms with Crippen molar-refractivity contribution < 1.29 is 4.79 Å². The van der Waals surface area contributed by atoms with Crippen molar-refractivity contribution in [3.05, 3.63) is 36.7 Å². The highest BCUT2D eigenvalue weighted by Crippen LogP contribution is 2.13. The normalized spacial score (nSPS) is 15.1. The second-order valence-electron chi connectivity index (χ2n) is 4.21. The van der Waals surface area contributed by atoms with Gasteiger partial charge in [0, 0.05) is 18.8 Å². The summed E-state index contributed by atoms with van der Waals surface area (Å²) in [4.78, 5) is 13.3. The lowest BCUT2D eigenvalue weighted by Crippen LogP contribution is -2.48. The van der Waals surface area contributed by atoms with E-state index in [1.165, 1.54) is 4.80 Å². The number of hydrogen-bond acceptors (Lipinski definition) is 4. The number of aromatic nitrogens is 3. The lowest BCUT2D eigenvalue weighted by Gasteiger charge is -2.25. The minimum Gasteiger partial charge on any atom is -0.326 e. The Labute approximate surface area is 104 Å². The van der Waals surface area contributed by atoms with Crippen molar-refractivity contribution in [2.45, 2.75) is 0 Å². The number of benzene rings is 1. The van der Waals surface area contributed by atoms with E-state index < -0.39 is 0 Å². The van der Waals surface area contributed by atoms with Crippen molar-refractivity contribution in [3.8, 4) is 5.69 Å². The average Bonchev–Trinajstić information content (AvgIpc) is 2.81. The lowest BCUT2D eigenvalue weighted by atomic mass is 10.0. The third-order valence-corrected chi connectivity index (χ3v) is 2.94. The third-order valence-electron chi connectivity index (χ3n) is 2.94. The monoisotopic (exact) mass is 243 g/mol. The smallest absolute Gasteiger partial charge is 0.230 e. The number of amides is 1. The summed E-state index contributed by atoms with van der Waals surface area (Å²) in [5, 5.41) is 14.0. The van der Waals surface area contributed by atoms with E-state index >= 15 is 0 Å². The predicted molar refractivity (Wildman–Crippen MR) is 66.3 cm³/mol. The molecule has 1 amide bonds. The van der Waals surface area contributed by atoms with Crippen LogP contribution in [0.25, 0.3) is 5.69 Å². The minimum absolute atomic E-state index is 0.0683. The van der Waals surface area contributed by atoms with E-state index in [1.807, 2.05) is 24.3 Å². The number of carbonyl (C=O) groups is 1. The van der Waals surface area contributed by atoms with Crippen molar-refractivity contribution in [1.29, 1.82) is 0 Å². The second-order valence-corrected chi connectivity index (χ2v) is 4.21. The quantitative estimate of drug-likeness (QED) is 0.819. The van der Waals surface area contributed by atoms with Gasteiger partial charge in [0.2, 0.25) is 5.91 Å². The second kappa shape index (κ2) is 4.58. The van der Waals surface area contributed by atoms with E-state index in [0.717, 1.165) is 24.5 Å². The van der Waals surface area contributed by atoms with Crippen LogP contribution in [0.3, 0.4) is 0 Å². The largest absolute Gasteiger partial charge is 0.326 e. The van der Waals surface area contributed by atoms with Crippen LogP contribution in [0.2, 0.25) is 0 Å². The molecular formula is C12H13N5O. The summed E-state index contributed by atoms with van der Waals surface area (Å²) in [6.07, 6.45) is 3.25. The van der Waals surface area contributed by atoms with Gasteiger partial charge in [-0.2, -0.15) is 15.0 Å². The van der Waals surface area contributed by atoms with Gasteiger partial charge in [0.25, 0.3) is 0 Å². The molecule has 1 fully saturated rings. The van der Waals surface area contributed by atoms with Crippen LogP contribution in [0.1, 0.15) is 0 Å². The summed E-state index contributed by atoms with van der Waals surface area (Å²) in [6, 6.07) is 7.44. The SMILES string of the molecule is O=C(Nc1ccc(-n2nccn2)cc1)C1CNC1. The average molecular weight is 243 g/mol. The van der Waals surface area contributed by atoms with E-state index in [-0.39, 0.29) is 11.8 Å². The fraction of sp³-hybridized carbons (Fsp3) is 0.250. The first-order valence-corrected chi connectivity index (χ1v) is 5.81. The van der Waals surface area contributed by atoms with E-state index in [9.17, 15) is 4.79 Å². The van der Waals surface area contributed by atoms with Crippen LogP contribution in [0.4, 0.5) is 5.69 Å². The van der Waals surface area contributed by atoms with Crippen LogP contribution in [0, 0.1) is 5.92 Å². The van der Waals surface area contributed by atoms with Crippen LogP contribution in [-0.4, -0.2) is 34.0 Å². The lowest BCUT2D eigenvalue weighted by molar-refractivity contribution is -0.121. The molecular weight excluding hydrogens is 230 g/mol. The van der Waals surface area contributed by atoms with Crippen molar-refractivity contribution in [3.63, 3.8) is 0 Å².